The fraction of sp³-hybridized carbons (Fsp3) is 0.522. The summed E-state index contributed by atoms with van der Waals surface area (Å²) in [6.45, 7) is 8.54. The van der Waals surface area contributed by atoms with Gasteiger partial charge in [-0.25, -0.2) is 9.59 Å². The van der Waals surface area contributed by atoms with Gasteiger partial charge in [-0.05, 0) is 58.2 Å². The van der Waals surface area contributed by atoms with Gasteiger partial charge in [0.05, 0.1) is 11.3 Å². The molecule has 9 heteroatoms. The van der Waals surface area contributed by atoms with Crippen molar-refractivity contribution in [3.8, 4) is 11.3 Å². The van der Waals surface area contributed by atoms with Crippen LogP contribution in [0.3, 0.4) is 0 Å². The van der Waals surface area contributed by atoms with Crippen LogP contribution in [0.15, 0.2) is 18.3 Å². The van der Waals surface area contributed by atoms with Crippen LogP contribution in [0, 0.1) is 0 Å². The number of ether oxygens (including phenoxy) is 2. The zero-order chi connectivity index (χ0) is 23.4. The summed E-state index contributed by atoms with van der Waals surface area (Å²) in [5.41, 5.74) is 4.77. The highest BCUT2D eigenvalue weighted by Gasteiger charge is 2.29. The zero-order valence-electron chi connectivity index (χ0n) is 19.3. The highest BCUT2D eigenvalue weighted by Crippen LogP contribution is 2.37. The number of rotatable bonds is 7. The third-order valence-electron chi connectivity index (χ3n) is 5.24. The molecule has 2 aromatic heterocycles. The zero-order valence-corrected chi connectivity index (χ0v) is 20.1. The van der Waals surface area contributed by atoms with Gasteiger partial charge in [0.15, 0.2) is 6.20 Å². The van der Waals surface area contributed by atoms with Crippen molar-refractivity contribution in [1.29, 1.82) is 0 Å². The number of nitrogens with zero attached hydrogens (tertiary/aromatic N) is 2. The van der Waals surface area contributed by atoms with E-state index in [-0.39, 0.29) is 25.3 Å². The van der Waals surface area contributed by atoms with Gasteiger partial charge in [0, 0.05) is 41.5 Å². The molecule has 0 saturated carbocycles. The lowest BCUT2D eigenvalue weighted by Crippen LogP contribution is -2.31. The van der Waals surface area contributed by atoms with E-state index < -0.39 is 12.2 Å². The lowest BCUT2D eigenvalue weighted by atomic mass is 10.0. The Morgan fingerprint density at radius 3 is 2.22 bits per heavy atom. The van der Waals surface area contributed by atoms with Crippen LogP contribution in [0.5, 0.6) is 0 Å². The van der Waals surface area contributed by atoms with Crippen LogP contribution in [0.1, 0.15) is 50.9 Å². The van der Waals surface area contributed by atoms with Gasteiger partial charge in [-0.2, -0.15) is 4.57 Å². The molecule has 0 radical (unpaired) electrons. The highest BCUT2D eigenvalue weighted by atomic mass is 35.5. The molecule has 0 bridgehead atoms. The maximum Gasteiger partial charge on any atom is 0.407 e. The van der Waals surface area contributed by atoms with Gasteiger partial charge in [-0.3, -0.25) is 0 Å². The number of hydrogen-bond acceptors (Lipinski definition) is 4. The Kier molecular flexibility index (Phi) is 7.66. The van der Waals surface area contributed by atoms with E-state index in [9.17, 15) is 9.59 Å². The van der Waals surface area contributed by atoms with Gasteiger partial charge in [0.25, 0.3) is 5.15 Å². The molecule has 2 aromatic rings. The number of carbonyl (C=O) groups excluding carboxylic acids is 2. The van der Waals surface area contributed by atoms with Crippen molar-refractivity contribution in [1.82, 2.24) is 15.2 Å². The summed E-state index contributed by atoms with van der Waals surface area (Å²) in [5.74, 6) is 0. The second-order valence-corrected chi connectivity index (χ2v) is 9.00. The number of nitrogens with one attached hydrogen (secondary N) is 2. The van der Waals surface area contributed by atoms with E-state index >= 15 is 0 Å². The van der Waals surface area contributed by atoms with Crippen molar-refractivity contribution < 1.29 is 23.6 Å². The number of aryl methyl sites for hydroxylation is 1. The van der Waals surface area contributed by atoms with Crippen molar-refractivity contribution >= 4 is 23.8 Å². The van der Waals surface area contributed by atoms with Crippen LogP contribution < -0.4 is 15.2 Å². The van der Waals surface area contributed by atoms with Crippen LogP contribution in [0.25, 0.3) is 11.3 Å². The van der Waals surface area contributed by atoms with Crippen molar-refractivity contribution in [3.63, 3.8) is 0 Å². The normalized spacial score (nSPS) is 12.8. The molecule has 8 nitrogen and oxygen atoms in total. The first kappa shape index (κ1) is 23.9. The van der Waals surface area contributed by atoms with Crippen LogP contribution in [0.2, 0.25) is 5.15 Å². The van der Waals surface area contributed by atoms with Crippen LogP contribution in [-0.4, -0.2) is 28.8 Å². The molecule has 0 aliphatic carbocycles. The molecule has 1 aliphatic heterocycles. The molecule has 0 atom stereocenters. The van der Waals surface area contributed by atoms with Crippen LogP contribution >= 0.6 is 11.6 Å². The first-order valence-corrected chi connectivity index (χ1v) is 11.3. The molecule has 174 valence electrons. The maximum atomic E-state index is 12.2. The lowest BCUT2D eigenvalue weighted by Gasteiger charge is -2.14. The third-order valence-corrected chi connectivity index (χ3v) is 5.63. The number of halogens is 1. The molecular weight excluding hydrogens is 432 g/mol. The second kappa shape index (κ2) is 10.3. The molecule has 3 rings (SSSR count). The Bertz CT molecular complexity index is 1000. The largest absolute Gasteiger partial charge is 0.445 e. The number of amides is 2. The van der Waals surface area contributed by atoms with Gasteiger partial charge in [0.1, 0.15) is 20.3 Å². The second-order valence-electron chi connectivity index (χ2n) is 8.61. The molecule has 0 fully saturated rings. The predicted octanol–water partition coefficient (Wildman–Crippen LogP) is 3.85. The number of aromatic nitrogens is 2. The van der Waals surface area contributed by atoms with E-state index in [1.54, 1.807) is 0 Å². The number of hydrogen-bond donors (Lipinski definition) is 2. The summed E-state index contributed by atoms with van der Waals surface area (Å²) in [5, 5.41) is 6.10. The van der Waals surface area contributed by atoms with Crippen molar-refractivity contribution in [2.75, 3.05) is 0 Å². The van der Waals surface area contributed by atoms with Crippen LogP contribution in [-0.2, 0) is 42.7 Å². The van der Waals surface area contributed by atoms with Gasteiger partial charge < -0.3 is 24.7 Å². The predicted molar refractivity (Wildman–Crippen MR) is 121 cm³/mol. The molecule has 0 unspecified atom stereocenters. The molecule has 2 amide bonds. The van der Waals surface area contributed by atoms with E-state index in [1.165, 1.54) is 0 Å². The molecule has 32 heavy (non-hydrogen) atoms. The Balaban J connectivity index is 1.99. The van der Waals surface area contributed by atoms with E-state index in [0.29, 0.717) is 5.15 Å². The maximum absolute atomic E-state index is 12.2. The molecule has 3 heterocycles. The summed E-state index contributed by atoms with van der Waals surface area (Å²) in [6.07, 6.45) is 2.87. The van der Waals surface area contributed by atoms with Gasteiger partial charge in [-0.15, -0.1) is 0 Å². The SMILES string of the molecule is CC(C)NC(=O)OCc1c(COC(=O)NC(C)C)c(-c2ccc(Cl)[n+](C)c2)n2c1CCC2. The smallest absolute Gasteiger partial charge is 0.407 e. The standard InChI is InChI=1S/C23H31ClN4O4/c1-14(2)25-22(29)31-12-17-18(13-32-23(30)26-15(3)4)21(28-10-6-7-19(17)28)16-8-9-20(24)27(5)11-16/h8-9,11,14-15H,6-7,10,12-13H2,1-5H3,(H-,25,26,29,30)/p+1. The topological polar surface area (TPSA) is 85.5 Å². The Morgan fingerprint density at radius 2 is 1.66 bits per heavy atom. The van der Waals surface area contributed by atoms with Crippen LogP contribution in [0.4, 0.5) is 9.59 Å². The van der Waals surface area contributed by atoms with Crippen molar-refractivity contribution in [2.24, 2.45) is 7.05 Å². The Morgan fingerprint density at radius 1 is 1.06 bits per heavy atom. The molecular formula is C23H32ClN4O4+. The van der Waals surface area contributed by atoms with Gasteiger partial charge in [-0.1, -0.05) is 0 Å². The molecule has 0 saturated heterocycles. The van der Waals surface area contributed by atoms with E-state index in [0.717, 1.165) is 47.5 Å². The summed E-state index contributed by atoms with van der Waals surface area (Å²) in [6, 6.07) is 3.75. The van der Waals surface area contributed by atoms with E-state index in [1.807, 2.05) is 57.6 Å². The Labute approximate surface area is 193 Å². The van der Waals surface area contributed by atoms with E-state index in [4.69, 9.17) is 21.1 Å². The summed E-state index contributed by atoms with van der Waals surface area (Å²) < 4.78 is 15.2. The summed E-state index contributed by atoms with van der Waals surface area (Å²) in [7, 11) is 1.88. The Hall–Kier alpha value is -2.74. The number of pyridine rings is 1. The van der Waals surface area contributed by atoms with E-state index in [2.05, 4.69) is 15.2 Å². The third kappa shape index (κ3) is 5.54. The highest BCUT2D eigenvalue weighted by molar-refractivity contribution is 6.28. The van der Waals surface area contributed by atoms with Gasteiger partial charge in [0.2, 0.25) is 0 Å². The minimum Gasteiger partial charge on any atom is -0.445 e. The molecule has 0 spiro atoms. The first-order valence-electron chi connectivity index (χ1n) is 10.9. The average molecular weight is 464 g/mol. The number of fused-ring (bicyclic) bond motifs is 1. The summed E-state index contributed by atoms with van der Waals surface area (Å²) >= 11 is 6.22. The van der Waals surface area contributed by atoms with Crippen molar-refractivity contribution in [3.05, 3.63) is 40.3 Å². The molecule has 0 aromatic carbocycles. The minimum absolute atomic E-state index is 0.0191. The summed E-state index contributed by atoms with van der Waals surface area (Å²) in [4.78, 5) is 24.3. The monoisotopic (exact) mass is 463 g/mol. The first-order chi connectivity index (χ1) is 15.2. The van der Waals surface area contributed by atoms with Gasteiger partial charge >= 0.3 is 12.2 Å². The average Bonchev–Trinajstić information content (AvgIpc) is 3.26. The fourth-order valence-corrected chi connectivity index (χ4v) is 4.04. The molecule has 2 N–H and O–H groups in total. The lowest BCUT2D eigenvalue weighted by molar-refractivity contribution is -0.668. The quantitative estimate of drug-likeness (QED) is 0.482. The number of carbonyl (C=O) groups is 2. The number of alkyl carbamates (subject to hydrolysis) is 2. The van der Waals surface area contributed by atoms with Crippen molar-refractivity contribution in [2.45, 2.75) is 72.4 Å². The molecule has 1 aliphatic rings. The minimum atomic E-state index is -0.483. The fourth-order valence-electron chi connectivity index (χ4n) is 3.93.